The first-order valence-electron chi connectivity index (χ1n) is 10.1. The van der Waals surface area contributed by atoms with Crippen molar-refractivity contribution < 1.29 is 19.1 Å². The Bertz CT molecular complexity index is 831. The molecule has 0 bridgehead atoms. The molecule has 6 heteroatoms. The Morgan fingerprint density at radius 3 is 2.34 bits per heavy atom. The van der Waals surface area contributed by atoms with E-state index in [2.05, 4.69) is 10.6 Å². The van der Waals surface area contributed by atoms with E-state index in [1.54, 1.807) is 49.6 Å². The van der Waals surface area contributed by atoms with Gasteiger partial charge in [-0.3, -0.25) is 9.59 Å². The first kappa shape index (κ1) is 20.9. The van der Waals surface area contributed by atoms with Crippen molar-refractivity contribution in [3.05, 3.63) is 59.7 Å². The monoisotopic (exact) mass is 396 g/mol. The summed E-state index contributed by atoms with van der Waals surface area (Å²) in [5.74, 6) is -0.000416. The van der Waals surface area contributed by atoms with Crippen molar-refractivity contribution in [2.24, 2.45) is 0 Å². The molecule has 0 aliphatic heterocycles. The molecule has 0 unspecified atom stereocenters. The summed E-state index contributed by atoms with van der Waals surface area (Å²) in [6.07, 6.45) is 5.52. The van der Waals surface area contributed by atoms with Crippen LogP contribution in [0.25, 0.3) is 0 Å². The minimum Gasteiger partial charge on any atom is -0.490 e. The number of methoxy groups -OCH3 is 1. The van der Waals surface area contributed by atoms with Crippen molar-refractivity contribution in [1.29, 1.82) is 0 Å². The maximum Gasteiger partial charge on any atom is 0.259 e. The number of hydrogen-bond donors (Lipinski definition) is 2. The Hall–Kier alpha value is -2.86. The topological polar surface area (TPSA) is 76.7 Å². The number of hydrogen-bond acceptors (Lipinski definition) is 4. The van der Waals surface area contributed by atoms with Crippen LogP contribution in [-0.4, -0.2) is 38.2 Å². The fourth-order valence-electron chi connectivity index (χ4n) is 3.50. The normalized spacial score (nSPS) is 14.2. The molecule has 0 heterocycles. The minimum absolute atomic E-state index is 0.155. The van der Waals surface area contributed by atoms with Gasteiger partial charge in [0.2, 0.25) is 0 Å². The van der Waals surface area contributed by atoms with Gasteiger partial charge < -0.3 is 20.1 Å². The molecule has 2 N–H and O–H groups in total. The first-order valence-corrected chi connectivity index (χ1v) is 10.1. The highest BCUT2D eigenvalue weighted by Gasteiger charge is 2.20. The van der Waals surface area contributed by atoms with Crippen LogP contribution < -0.4 is 15.4 Å². The van der Waals surface area contributed by atoms with Crippen molar-refractivity contribution in [2.75, 3.05) is 25.6 Å². The highest BCUT2D eigenvalue weighted by Crippen LogP contribution is 2.23. The number of para-hydroxylation sites is 2. The molecule has 1 aliphatic rings. The van der Waals surface area contributed by atoms with Gasteiger partial charge in [-0.2, -0.15) is 0 Å². The maximum absolute atomic E-state index is 12.9. The molecule has 29 heavy (non-hydrogen) atoms. The Morgan fingerprint density at radius 1 is 0.897 bits per heavy atom. The fraction of sp³-hybridized carbons (Fsp3) is 0.391. The predicted molar refractivity (Wildman–Crippen MR) is 113 cm³/mol. The summed E-state index contributed by atoms with van der Waals surface area (Å²) in [4.78, 5) is 25.7. The molecular weight excluding hydrogens is 368 g/mol. The lowest BCUT2D eigenvalue weighted by molar-refractivity contribution is 0.0928. The quantitative estimate of drug-likeness (QED) is 0.661. The zero-order valence-electron chi connectivity index (χ0n) is 16.8. The second-order valence-corrected chi connectivity index (χ2v) is 7.15. The Kier molecular flexibility index (Phi) is 7.64. The van der Waals surface area contributed by atoms with E-state index in [1.165, 1.54) is 6.42 Å². The molecule has 3 rings (SSSR count). The zero-order chi connectivity index (χ0) is 20.5. The second-order valence-electron chi connectivity index (χ2n) is 7.15. The Morgan fingerprint density at radius 2 is 1.59 bits per heavy atom. The van der Waals surface area contributed by atoms with Crippen LogP contribution in [-0.2, 0) is 4.74 Å². The van der Waals surface area contributed by atoms with Gasteiger partial charge in [0.1, 0.15) is 12.4 Å². The smallest absolute Gasteiger partial charge is 0.259 e. The van der Waals surface area contributed by atoms with E-state index in [0.29, 0.717) is 35.8 Å². The van der Waals surface area contributed by atoms with E-state index in [4.69, 9.17) is 9.47 Å². The third-order valence-electron chi connectivity index (χ3n) is 5.04. The lowest BCUT2D eigenvalue weighted by Gasteiger charge is -2.23. The van der Waals surface area contributed by atoms with E-state index >= 15 is 0 Å². The molecule has 0 spiro atoms. The van der Waals surface area contributed by atoms with Gasteiger partial charge in [0.15, 0.2) is 0 Å². The van der Waals surface area contributed by atoms with E-state index in [1.807, 2.05) is 6.07 Å². The average Bonchev–Trinajstić information content (AvgIpc) is 2.75. The lowest BCUT2D eigenvalue weighted by Crippen LogP contribution is -2.36. The molecule has 1 aliphatic carbocycles. The van der Waals surface area contributed by atoms with Crippen molar-refractivity contribution in [3.8, 4) is 5.75 Å². The van der Waals surface area contributed by atoms with Crippen LogP contribution in [0.4, 0.5) is 5.69 Å². The largest absolute Gasteiger partial charge is 0.490 e. The first-order chi connectivity index (χ1) is 14.2. The molecule has 0 saturated heterocycles. The molecule has 6 nitrogen and oxygen atoms in total. The average molecular weight is 396 g/mol. The van der Waals surface area contributed by atoms with Crippen molar-refractivity contribution >= 4 is 17.5 Å². The zero-order valence-corrected chi connectivity index (χ0v) is 16.8. The summed E-state index contributed by atoms with van der Waals surface area (Å²) < 4.78 is 10.6. The summed E-state index contributed by atoms with van der Waals surface area (Å²) in [6, 6.07) is 14.3. The third kappa shape index (κ3) is 5.81. The van der Waals surface area contributed by atoms with Gasteiger partial charge in [0, 0.05) is 13.2 Å². The van der Waals surface area contributed by atoms with Crippen molar-refractivity contribution in [3.63, 3.8) is 0 Å². The van der Waals surface area contributed by atoms with Crippen LogP contribution in [0.2, 0.25) is 0 Å². The van der Waals surface area contributed by atoms with Crippen LogP contribution in [0.15, 0.2) is 48.5 Å². The second kappa shape index (κ2) is 10.6. The highest BCUT2D eigenvalue weighted by molar-refractivity contribution is 6.10. The number of nitrogens with one attached hydrogen (secondary N) is 2. The van der Waals surface area contributed by atoms with Gasteiger partial charge in [-0.05, 0) is 37.1 Å². The van der Waals surface area contributed by atoms with Gasteiger partial charge in [0.05, 0.1) is 23.4 Å². The van der Waals surface area contributed by atoms with Crippen molar-refractivity contribution in [2.45, 2.75) is 38.1 Å². The summed E-state index contributed by atoms with van der Waals surface area (Å²) in [5, 5.41) is 5.97. The standard InChI is InChI=1S/C23H28N2O4/c1-28-15-16-29-21-14-8-6-12-19(21)23(27)25-20-13-7-5-11-18(20)22(26)24-17-9-3-2-4-10-17/h5-8,11-14,17H,2-4,9-10,15-16H2,1H3,(H,24,26)(H,25,27). The van der Waals surface area contributed by atoms with E-state index < -0.39 is 0 Å². The van der Waals surface area contributed by atoms with Gasteiger partial charge in [0.25, 0.3) is 11.8 Å². The van der Waals surface area contributed by atoms with Crippen LogP contribution in [0.3, 0.4) is 0 Å². The van der Waals surface area contributed by atoms with Crippen LogP contribution in [0.1, 0.15) is 52.8 Å². The number of ether oxygens (including phenoxy) is 2. The van der Waals surface area contributed by atoms with E-state index in [9.17, 15) is 9.59 Å². The van der Waals surface area contributed by atoms with Gasteiger partial charge in [-0.1, -0.05) is 43.5 Å². The molecule has 2 amide bonds. The lowest BCUT2D eigenvalue weighted by atomic mass is 9.95. The summed E-state index contributed by atoms with van der Waals surface area (Å²) in [6.45, 7) is 0.779. The number of anilines is 1. The molecule has 2 aromatic carbocycles. The molecular formula is C23H28N2O4. The molecule has 2 aromatic rings. The summed E-state index contributed by atoms with van der Waals surface area (Å²) in [7, 11) is 1.59. The third-order valence-corrected chi connectivity index (χ3v) is 5.04. The van der Waals surface area contributed by atoms with Crippen molar-refractivity contribution in [1.82, 2.24) is 5.32 Å². The molecule has 1 saturated carbocycles. The summed E-state index contributed by atoms with van der Waals surface area (Å²) in [5.41, 5.74) is 1.35. The Balaban J connectivity index is 1.72. The summed E-state index contributed by atoms with van der Waals surface area (Å²) >= 11 is 0. The number of carbonyl (C=O) groups is 2. The highest BCUT2D eigenvalue weighted by atomic mass is 16.5. The molecule has 0 radical (unpaired) electrons. The van der Waals surface area contributed by atoms with Crippen LogP contribution in [0.5, 0.6) is 5.75 Å². The van der Waals surface area contributed by atoms with Gasteiger partial charge in [-0.25, -0.2) is 0 Å². The minimum atomic E-state index is -0.323. The number of benzene rings is 2. The fourth-order valence-corrected chi connectivity index (χ4v) is 3.50. The molecule has 1 fully saturated rings. The van der Waals surface area contributed by atoms with Gasteiger partial charge >= 0.3 is 0 Å². The predicted octanol–water partition coefficient (Wildman–Crippen LogP) is 4.03. The van der Waals surface area contributed by atoms with Crippen LogP contribution in [0, 0.1) is 0 Å². The number of rotatable bonds is 8. The van der Waals surface area contributed by atoms with E-state index in [0.717, 1.165) is 25.7 Å². The van der Waals surface area contributed by atoms with Gasteiger partial charge in [-0.15, -0.1) is 0 Å². The molecule has 0 aromatic heterocycles. The number of carbonyl (C=O) groups excluding carboxylic acids is 2. The molecule has 0 atom stereocenters. The maximum atomic E-state index is 12.9. The SMILES string of the molecule is COCCOc1ccccc1C(=O)Nc1ccccc1C(=O)NC1CCCCC1. The number of amides is 2. The Labute approximate surface area is 171 Å². The molecule has 154 valence electrons. The van der Waals surface area contributed by atoms with E-state index in [-0.39, 0.29) is 17.9 Å². The van der Waals surface area contributed by atoms with Crippen LogP contribution >= 0.6 is 0 Å².